The summed E-state index contributed by atoms with van der Waals surface area (Å²) in [5.74, 6) is -0.941. The van der Waals surface area contributed by atoms with Gasteiger partial charge in [0.15, 0.2) is 0 Å². The topological polar surface area (TPSA) is 84.7 Å². The van der Waals surface area contributed by atoms with E-state index in [0.717, 1.165) is 16.7 Å². The molecule has 2 aromatic rings. The van der Waals surface area contributed by atoms with Crippen LogP contribution >= 0.6 is 0 Å². The summed E-state index contributed by atoms with van der Waals surface area (Å²) in [6.45, 7) is 8.39. The van der Waals surface area contributed by atoms with Gasteiger partial charge in [-0.05, 0) is 44.9 Å². The molecule has 138 valence electrons. The highest BCUT2D eigenvalue weighted by Gasteiger charge is 2.35. The number of rotatable bonds is 3. The first-order chi connectivity index (χ1) is 12.1. The minimum absolute atomic E-state index is 0.0978. The lowest BCUT2D eigenvalue weighted by Gasteiger charge is -2.39. The van der Waals surface area contributed by atoms with Gasteiger partial charge in [-0.2, -0.15) is 5.10 Å². The molecule has 1 aromatic heterocycles. The van der Waals surface area contributed by atoms with Gasteiger partial charge in [-0.15, -0.1) is 0 Å². The molecule has 1 fully saturated rings. The maximum Gasteiger partial charge on any atom is 0.410 e. The average Bonchev–Trinajstić information content (AvgIpc) is 2.93. The summed E-state index contributed by atoms with van der Waals surface area (Å²) in [6, 6.07) is 5.44. The van der Waals surface area contributed by atoms with Gasteiger partial charge in [0.25, 0.3) is 0 Å². The highest BCUT2D eigenvalue weighted by atomic mass is 16.6. The summed E-state index contributed by atoms with van der Waals surface area (Å²) in [4.78, 5) is 24.9. The fourth-order valence-electron chi connectivity index (χ4n) is 2.82. The van der Waals surface area contributed by atoms with E-state index in [2.05, 4.69) is 5.10 Å². The van der Waals surface area contributed by atoms with Gasteiger partial charge in [0.2, 0.25) is 0 Å². The quantitative estimate of drug-likeness (QED) is 0.910. The van der Waals surface area contributed by atoms with Crippen molar-refractivity contribution in [3.05, 3.63) is 41.7 Å². The Hall–Kier alpha value is -2.83. The Labute approximate surface area is 152 Å². The summed E-state index contributed by atoms with van der Waals surface area (Å²) in [6.07, 6.45) is 3.28. The van der Waals surface area contributed by atoms with Crippen molar-refractivity contribution in [2.45, 2.75) is 39.3 Å². The van der Waals surface area contributed by atoms with Crippen LogP contribution in [0, 0.1) is 6.92 Å². The molecule has 0 aliphatic carbocycles. The van der Waals surface area contributed by atoms with Crippen LogP contribution in [0.4, 0.5) is 4.79 Å². The van der Waals surface area contributed by atoms with Gasteiger partial charge in [-0.1, -0.05) is 12.1 Å². The van der Waals surface area contributed by atoms with Crippen LogP contribution in [-0.4, -0.2) is 50.5 Å². The molecule has 1 amide bonds. The number of aryl methyl sites for hydroxylation is 1. The van der Waals surface area contributed by atoms with Gasteiger partial charge in [0.05, 0.1) is 17.8 Å². The second-order valence-electron chi connectivity index (χ2n) is 7.58. The molecule has 0 spiro atoms. The van der Waals surface area contributed by atoms with Gasteiger partial charge in [0, 0.05) is 24.8 Å². The Balaban J connectivity index is 1.68. The number of nitrogens with zero attached hydrogens (tertiary/aromatic N) is 3. The lowest BCUT2D eigenvalue weighted by atomic mass is 10.0. The number of hydrogen-bond donors (Lipinski definition) is 1. The zero-order valence-corrected chi connectivity index (χ0v) is 15.4. The monoisotopic (exact) mass is 357 g/mol. The van der Waals surface area contributed by atoms with Crippen molar-refractivity contribution in [2.24, 2.45) is 0 Å². The van der Waals surface area contributed by atoms with Crippen molar-refractivity contribution in [1.29, 1.82) is 0 Å². The van der Waals surface area contributed by atoms with Crippen LogP contribution in [0.15, 0.2) is 30.6 Å². The molecule has 2 heterocycles. The number of carboxylic acids is 1. The van der Waals surface area contributed by atoms with Crippen molar-refractivity contribution in [3.63, 3.8) is 0 Å². The Morgan fingerprint density at radius 2 is 1.92 bits per heavy atom. The van der Waals surface area contributed by atoms with Crippen LogP contribution in [0.3, 0.4) is 0 Å². The number of amides is 1. The van der Waals surface area contributed by atoms with E-state index in [1.807, 2.05) is 37.7 Å². The molecule has 7 nitrogen and oxygen atoms in total. The molecule has 3 rings (SSSR count). The molecule has 1 aliphatic rings. The molecule has 0 saturated carbocycles. The second-order valence-corrected chi connectivity index (χ2v) is 7.58. The SMILES string of the molecule is Cc1ccc(-c2cnn(C3CN(C(=O)OC(C)(C)C)C3)c2)cc1C(=O)O. The summed E-state index contributed by atoms with van der Waals surface area (Å²) in [5, 5.41) is 13.6. The number of hydrogen-bond acceptors (Lipinski definition) is 4. The fourth-order valence-corrected chi connectivity index (χ4v) is 2.82. The highest BCUT2D eigenvalue weighted by Crippen LogP contribution is 2.27. The van der Waals surface area contributed by atoms with E-state index in [0.29, 0.717) is 13.1 Å². The van der Waals surface area contributed by atoms with Crippen LogP contribution in [0.2, 0.25) is 0 Å². The predicted molar refractivity (Wildman–Crippen MR) is 96.2 cm³/mol. The first kappa shape index (κ1) is 18.0. The third-order valence-electron chi connectivity index (χ3n) is 4.29. The molecule has 1 aromatic carbocycles. The molecule has 0 atom stereocenters. The van der Waals surface area contributed by atoms with E-state index in [4.69, 9.17) is 4.74 Å². The van der Waals surface area contributed by atoms with E-state index in [1.54, 1.807) is 30.2 Å². The molecule has 0 bridgehead atoms. The van der Waals surface area contributed by atoms with E-state index in [9.17, 15) is 14.7 Å². The number of benzene rings is 1. The van der Waals surface area contributed by atoms with Gasteiger partial charge >= 0.3 is 12.1 Å². The van der Waals surface area contributed by atoms with Gasteiger partial charge in [0.1, 0.15) is 5.60 Å². The standard InChI is InChI=1S/C19H23N3O4/c1-12-5-6-13(7-16(12)17(23)24)14-8-20-22(9-14)15-10-21(11-15)18(25)26-19(2,3)4/h5-9,15H,10-11H2,1-4H3,(H,23,24). The molecule has 0 radical (unpaired) electrons. The first-order valence-electron chi connectivity index (χ1n) is 8.50. The maximum atomic E-state index is 12.0. The molecular weight excluding hydrogens is 334 g/mol. The largest absolute Gasteiger partial charge is 0.478 e. The number of aromatic carboxylic acids is 1. The van der Waals surface area contributed by atoms with Crippen LogP contribution < -0.4 is 0 Å². The lowest BCUT2D eigenvalue weighted by molar-refractivity contribution is -0.000393. The van der Waals surface area contributed by atoms with Crippen molar-refractivity contribution in [2.75, 3.05) is 13.1 Å². The average molecular weight is 357 g/mol. The second kappa shape index (κ2) is 6.48. The Morgan fingerprint density at radius 3 is 2.54 bits per heavy atom. The van der Waals surface area contributed by atoms with E-state index < -0.39 is 11.6 Å². The predicted octanol–water partition coefficient (Wildman–Crippen LogP) is 3.35. The summed E-state index contributed by atoms with van der Waals surface area (Å²) in [7, 11) is 0. The molecule has 7 heteroatoms. The van der Waals surface area contributed by atoms with Crippen molar-refractivity contribution >= 4 is 12.1 Å². The third-order valence-corrected chi connectivity index (χ3v) is 4.29. The maximum absolute atomic E-state index is 12.0. The van der Waals surface area contributed by atoms with Crippen LogP contribution in [-0.2, 0) is 4.74 Å². The van der Waals surface area contributed by atoms with E-state index in [-0.39, 0.29) is 17.7 Å². The molecule has 0 unspecified atom stereocenters. The fraction of sp³-hybridized carbons (Fsp3) is 0.421. The van der Waals surface area contributed by atoms with E-state index >= 15 is 0 Å². The van der Waals surface area contributed by atoms with Crippen molar-refractivity contribution in [1.82, 2.24) is 14.7 Å². The van der Waals surface area contributed by atoms with Crippen molar-refractivity contribution in [3.8, 4) is 11.1 Å². The van der Waals surface area contributed by atoms with Crippen molar-refractivity contribution < 1.29 is 19.4 Å². The highest BCUT2D eigenvalue weighted by molar-refractivity contribution is 5.91. The van der Waals surface area contributed by atoms with Crippen LogP contribution in [0.1, 0.15) is 42.7 Å². The normalized spacial score (nSPS) is 14.8. The van der Waals surface area contributed by atoms with Gasteiger partial charge in [-0.25, -0.2) is 9.59 Å². The zero-order chi connectivity index (χ0) is 19.1. The minimum atomic E-state index is -0.941. The summed E-state index contributed by atoms with van der Waals surface area (Å²) in [5.41, 5.74) is 2.16. The summed E-state index contributed by atoms with van der Waals surface area (Å²) >= 11 is 0. The number of carbonyl (C=O) groups is 2. The van der Waals surface area contributed by atoms with Crippen LogP contribution in [0.25, 0.3) is 11.1 Å². The Morgan fingerprint density at radius 1 is 1.23 bits per heavy atom. The Bertz CT molecular complexity index is 845. The molecule has 1 saturated heterocycles. The number of ether oxygens (including phenoxy) is 1. The smallest absolute Gasteiger partial charge is 0.410 e. The Kier molecular flexibility index (Phi) is 4.48. The minimum Gasteiger partial charge on any atom is -0.478 e. The number of carbonyl (C=O) groups excluding carboxylic acids is 1. The van der Waals surface area contributed by atoms with E-state index in [1.165, 1.54) is 0 Å². The summed E-state index contributed by atoms with van der Waals surface area (Å²) < 4.78 is 7.16. The number of carboxylic acid groups (broad SMARTS) is 1. The number of likely N-dealkylation sites (tertiary alicyclic amines) is 1. The molecule has 1 N–H and O–H groups in total. The molecule has 26 heavy (non-hydrogen) atoms. The van der Waals surface area contributed by atoms with Crippen LogP contribution in [0.5, 0.6) is 0 Å². The molecular formula is C19H23N3O4. The van der Waals surface area contributed by atoms with Gasteiger partial charge in [-0.3, -0.25) is 4.68 Å². The molecule has 1 aliphatic heterocycles. The third kappa shape index (κ3) is 3.71. The number of aromatic nitrogens is 2. The lowest BCUT2D eigenvalue weighted by Crippen LogP contribution is -2.52. The zero-order valence-electron chi connectivity index (χ0n) is 15.4. The van der Waals surface area contributed by atoms with Gasteiger partial charge < -0.3 is 14.7 Å². The first-order valence-corrected chi connectivity index (χ1v) is 8.50.